The van der Waals surface area contributed by atoms with Gasteiger partial charge in [0.25, 0.3) is 5.82 Å². The Hall–Kier alpha value is -4.00. The number of anilines is 1. The zero-order valence-corrected chi connectivity index (χ0v) is 20.4. The summed E-state index contributed by atoms with van der Waals surface area (Å²) in [6.45, 7) is 5.86. The molecule has 178 valence electrons. The summed E-state index contributed by atoms with van der Waals surface area (Å²) < 4.78 is 1.79. The molecule has 2 aromatic heterocycles. The number of fused-ring (bicyclic) bond motifs is 1. The van der Waals surface area contributed by atoms with Crippen molar-refractivity contribution in [3.05, 3.63) is 100 Å². The first-order valence-electron chi connectivity index (χ1n) is 11.9. The third-order valence-electron chi connectivity index (χ3n) is 7.16. The van der Waals surface area contributed by atoms with E-state index in [1.54, 1.807) is 10.9 Å². The van der Waals surface area contributed by atoms with Crippen molar-refractivity contribution in [1.29, 1.82) is 0 Å². The predicted molar refractivity (Wildman–Crippen MR) is 133 cm³/mol. The molecule has 2 aliphatic rings. The Morgan fingerprint density at radius 2 is 1.89 bits per heavy atom. The third-order valence-corrected chi connectivity index (χ3v) is 7.16. The maximum Gasteiger partial charge on any atom is 0.337 e. The van der Waals surface area contributed by atoms with Gasteiger partial charge in [0, 0.05) is 54.0 Å². The first-order chi connectivity index (χ1) is 16.8. The molecule has 0 fully saturated rings. The summed E-state index contributed by atoms with van der Waals surface area (Å²) in [5.41, 5.74) is 6.18. The monoisotopic (exact) mass is 468 g/mol. The molecule has 7 nitrogen and oxygen atoms in total. The molecule has 3 unspecified atom stereocenters. The highest BCUT2D eigenvalue weighted by Gasteiger charge is 2.46. The van der Waals surface area contributed by atoms with Crippen LogP contribution in [0.4, 0.5) is 5.82 Å². The number of allylic oxidation sites excluding steroid dienone is 3. The number of aromatic amines is 1. The Morgan fingerprint density at radius 1 is 1.11 bits per heavy atom. The van der Waals surface area contributed by atoms with Gasteiger partial charge in [0.2, 0.25) is 0 Å². The minimum absolute atomic E-state index is 0.00318. The quantitative estimate of drug-likeness (QED) is 0.611. The zero-order chi connectivity index (χ0) is 24.7. The number of hydrogen-bond donors (Lipinski definition) is 2. The van der Waals surface area contributed by atoms with E-state index in [9.17, 15) is 9.59 Å². The van der Waals surface area contributed by atoms with Gasteiger partial charge in [0.05, 0.1) is 23.9 Å². The van der Waals surface area contributed by atoms with Gasteiger partial charge in [-0.25, -0.2) is 15.1 Å². The number of rotatable bonds is 4. The fourth-order valence-corrected chi connectivity index (χ4v) is 5.22. The SMILES string of the molecule is CC1=C(C(=O)Nc2ccc(C)c[nH+]2)C(c2cnn(C)c2C)C2C(=O)CC(c3ccccc3)C=C2N1. The minimum atomic E-state index is -0.468. The van der Waals surface area contributed by atoms with E-state index in [2.05, 4.69) is 38.9 Å². The van der Waals surface area contributed by atoms with Crippen LogP contribution in [0.25, 0.3) is 0 Å². The number of carbonyl (C=O) groups excluding carboxylic acids is 2. The molecule has 1 amide bonds. The van der Waals surface area contributed by atoms with Gasteiger partial charge in [-0.15, -0.1) is 0 Å². The normalized spacial score (nSPS) is 21.8. The summed E-state index contributed by atoms with van der Waals surface area (Å²) in [7, 11) is 1.88. The Bertz CT molecular complexity index is 1350. The smallest absolute Gasteiger partial charge is 0.337 e. The van der Waals surface area contributed by atoms with E-state index in [0.29, 0.717) is 17.8 Å². The zero-order valence-electron chi connectivity index (χ0n) is 20.4. The number of carbonyl (C=O) groups is 2. The lowest BCUT2D eigenvalue weighted by atomic mass is 9.68. The predicted octanol–water partition coefficient (Wildman–Crippen LogP) is 3.71. The minimum Gasteiger partial charge on any atom is -0.362 e. The molecule has 0 spiro atoms. The molecule has 1 aliphatic carbocycles. The summed E-state index contributed by atoms with van der Waals surface area (Å²) >= 11 is 0. The van der Waals surface area contributed by atoms with Crippen LogP contribution in [0.15, 0.2) is 77.9 Å². The number of ketones is 1. The maximum absolute atomic E-state index is 13.7. The van der Waals surface area contributed by atoms with Crippen LogP contribution in [0.2, 0.25) is 0 Å². The molecule has 7 heteroatoms. The second-order valence-corrected chi connectivity index (χ2v) is 9.47. The molecule has 0 saturated heterocycles. The Labute approximate surface area is 205 Å². The van der Waals surface area contributed by atoms with E-state index in [4.69, 9.17) is 0 Å². The Balaban J connectivity index is 1.59. The van der Waals surface area contributed by atoms with E-state index in [-0.39, 0.29) is 17.6 Å². The Kier molecular flexibility index (Phi) is 5.84. The van der Waals surface area contributed by atoms with Gasteiger partial charge in [-0.05, 0) is 38.0 Å². The van der Waals surface area contributed by atoms with Crippen LogP contribution in [0.5, 0.6) is 0 Å². The second kappa shape index (κ2) is 8.98. The standard InChI is InChI=1S/C28H29N5O2/c1-16-10-11-24(29-14-16)32-28(35)25-17(2)31-22-12-20(19-8-6-5-7-9-19)13-23(34)27(22)26(25)21-15-30-33(4)18(21)3/h5-12,14-15,20,26-27,31H,13H2,1-4H3,(H,29,32,35)/p+1. The topological polar surface area (TPSA) is 90.2 Å². The number of aromatic nitrogens is 3. The number of benzene rings is 1. The molecule has 3 N–H and O–H groups in total. The van der Waals surface area contributed by atoms with Gasteiger partial charge >= 0.3 is 5.91 Å². The molecule has 0 saturated carbocycles. The molecule has 1 aliphatic heterocycles. The summed E-state index contributed by atoms with van der Waals surface area (Å²) in [5, 5.41) is 10.8. The van der Waals surface area contributed by atoms with E-state index >= 15 is 0 Å². The van der Waals surface area contributed by atoms with Crippen molar-refractivity contribution >= 4 is 17.5 Å². The molecule has 1 aromatic carbocycles. The van der Waals surface area contributed by atoms with Crippen LogP contribution >= 0.6 is 0 Å². The molecule has 0 radical (unpaired) electrons. The van der Waals surface area contributed by atoms with Crippen LogP contribution in [0.1, 0.15) is 47.6 Å². The van der Waals surface area contributed by atoms with Gasteiger partial charge in [-0.2, -0.15) is 5.10 Å². The highest BCUT2D eigenvalue weighted by molar-refractivity contribution is 6.06. The van der Waals surface area contributed by atoms with Gasteiger partial charge in [0.1, 0.15) is 5.78 Å². The van der Waals surface area contributed by atoms with E-state index in [0.717, 1.165) is 33.8 Å². The number of nitrogens with zero attached hydrogens (tertiary/aromatic N) is 2. The van der Waals surface area contributed by atoms with E-state index in [1.165, 1.54) is 0 Å². The summed E-state index contributed by atoms with van der Waals surface area (Å²) in [5.74, 6) is -0.404. The summed E-state index contributed by atoms with van der Waals surface area (Å²) in [6, 6.07) is 13.9. The van der Waals surface area contributed by atoms with Crippen LogP contribution in [0.3, 0.4) is 0 Å². The fourth-order valence-electron chi connectivity index (χ4n) is 5.22. The molecule has 35 heavy (non-hydrogen) atoms. The average molecular weight is 469 g/mol. The number of amides is 1. The first-order valence-corrected chi connectivity index (χ1v) is 11.9. The lowest BCUT2D eigenvalue weighted by molar-refractivity contribution is -0.361. The van der Waals surface area contributed by atoms with Gasteiger partial charge in [0.15, 0.2) is 0 Å². The largest absolute Gasteiger partial charge is 0.362 e. The van der Waals surface area contributed by atoms with Crippen LogP contribution < -0.4 is 15.6 Å². The number of Topliss-reactive ketones (excluding diaryl/α,β-unsaturated/α-hetero) is 1. The third kappa shape index (κ3) is 4.18. The lowest BCUT2D eigenvalue weighted by Crippen LogP contribution is -2.43. The van der Waals surface area contributed by atoms with Crippen molar-refractivity contribution in [3.8, 4) is 0 Å². The number of pyridine rings is 1. The molecule has 3 heterocycles. The first kappa shape index (κ1) is 22.8. The lowest BCUT2D eigenvalue weighted by Gasteiger charge is -2.39. The fraction of sp³-hybridized carbons (Fsp3) is 0.286. The van der Waals surface area contributed by atoms with Crippen molar-refractivity contribution in [2.45, 2.75) is 39.0 Å². The van der Waals surface area contributed by atoms with Crippen molar-refractivity contribution < 1.29 is 14.6 Å². The van der Waals surface area contributed by atoms with Crippen LogP contribution in [-0.2, 0) is 16.6 Å². The average Bonchev–Trinajstić information content (AvgIpc) is 3.17. The molecule has 5 rings (SSSR count). The highest BCUT2D eigenvalue weighted by atomic mass is 16.2. The highest BCUT2D eigenvalue weighted by Crippen LogP contribution is 2.46. The number of H-pyrrole nitrogens is 1. The molecule has 3 atom stereocenters. The van der Waals surface area contributed by atoms with Crippen LogP contribution in [0, 0.1) is 19.8 Å². The summed E-state index contributed by atoms with van der Waals surface area (Å²) in [4.78, 5) is 30.5. The van der Waals surface area contributed by atoms with Crippen molar-refractivity contribution in [2.75, 3.05) is 5.32 Å². The van der Waals surface area contributed by atoms with E-state index < -0.39 is 11.8 Å². The van der Waals surface area contributed by atoms with Crippen molar-refractivity contribution in [3.63, 3.8) is 0 Å². The van der Waals surface area contributed by atoms with Gasteiger partial charge in [-0.1, -0.05) is 36.4 Å². The number of aryl methyl sites for hydroxylation is 2. The van der Waals surface area contributed by atoms with Gasteiger partial charge in [-0.3, -0.25) is 9.48 Å². The summed E-state index contributed by atoms with van der Waals surface area (Å²) in [6.07, 6.45) is 6.19. The number of hydrogen-bond acceptors (Lipinski definition) is 4. The van der Waals surface area contributed by atoms with Gasteiger partial charge < -0.3 is 5.32 Å². The second-order valence-electron chi connectivity index (χ2n) is 9.47. The van der Waals surface area contributed by atoms with Crippen molar-refractivity contribution in [1.82, 2.24) is 15.1 Å². The molecular formula is C28H30N5O2+. The van der Waals surface area contributed by atoms with Crippen LogP contribution in [-0.4, -0.2) is 21.5 Å². The molecule has 0 bridgehead atoms. The Morgan fingerprint density at radius 3 is 2.54 bits per heavy atom. The van der Waals surface area contributed by atoms with Crippen molar-refractivity contribution in [2.24, 2.45) is 13.0 Å². The molecular weight excluding hydrogens is 438 g/mol. The molecule has 3 aromatic rings. The number of nitrogens with one attached hydrogen (secondary N) is 3. The maximum atomic E-state index is 13.7. The van der Waals surface area contributed by atoms with E-state index in [1.807, 2.05) is 64.3 Å².